The first-order chi connectivity index (χ1) is 31.7. The first-order valence-electron chi connectivity index (χ1n) is 21.4. The van der Waals surface area contributed by atoms with Crippen LogP contribution in [-0.4, -0.2) is 24.5 Å². The highest BCUT2D eigenvalue weighted by molar-refractivity contribution is 6.22. The lowest BCUT2D eigenvalue weighted by molar-refractivity contribution is 0.668. The zero-order valence-corrected chi connectivity index (χ0v) is 34.4. The Hall–Kier alpha value is -8.74. The maximum atomic E-state index is 6.11. The molecular formula is C58H35N5O. The summed E-state index contributed by atoms with van der Waals surface area (Å²) in [5.41, 5.74) is 13.0. The number of benzene rings is 9. The third-order valence-corrected chi connectivity index (χ3v) is 12.5. The SMILES string of the molecule is c1ccc(-c2cccc3c2c2ccc4ccccc4c2n3-c2ccc(-c3cccc(-c4nc(-c5ccc6ccccc6c5)nc(-c5ccc6oc7cccnc7c6c5)n4)c3)cc2)cc1. The molecule has 64 heavy (non-hydrogen) atoms. The Morgan fingerprint density at radius 3 is 1.88 bits per heavy atom. The van der Waals surface area contributed by atoms with Crippen molar-refractivity contribution in [1.82, 2.24) is 24.5 Å². The first-order valence-corrected chi connectivity index (χ1v) is 21.4. The van der Waals surface area contributed by atoms with Crippen LogP contribution >= 0.6 is 0 Å². The molecule has 0 aliphatic heterocycles. The van der Waals surface area contributed by atoms with Gasteiger partial charge in [0.2, 0.25) is 0 Å². The Labute approximate surface area is 367 Å². The minimum Gasteiger partial charge on any atom is -0.454 e. The monoisotopic (exact) mass is 817 g/mol. The van der Waals surface area contributed by atoms with E-state index in [9.17, 15) is 0 Å². The average molecular weight is 818 g/mol. The van der Waals surface area contributed by atoms with E-state index in [0.717, 1.165) is 66.3 Å². The Bertz CT molecular complexity index is 3960. The van der Waals surface area contributed by atoms with Crippen LogP contribution in [0.5, 0.6) is 0 Å². The smallest absolute Gasteiger partial charge is 0.164 e. The first kappa shape index (κ1) is 36.0. The van der Waals surface area contributed by atoms with Crippen molar-refractivity contribution in [2.45, 2.75) is 0 Å². The summed E-state index contributed by atoms with van der Waals surface area (Å²) in [5, 5.41) is 8.12. The van der Waals surface area contributed by atoms with Gasteiger partial charge in [-0.05, 0) is 99.1 Å². The number of fused-ring (bicyclic) bond motifs is 9. The second-order valence-electron chi connectivity index (χ2n) is 16.2. The van der Waals surface area contributed by atoms with Crippen LogP contribution in [0.3, 0.4) is 0 Å². The summed E-state index contributed by atoms with van der Waals surface area (Å²) in [6, 6.07) is 72.5. The summed E-state index contributed by atoms with van der Waals surface area (Å²) < 4.78 is 8.54. The van der Waals surface area contributed by atoms with Gasteiger partial charge in [-0.1, -0.05) is 146 Å². The van der Waals surface area contributed by atoms with Crippen molar-refractivity contribution in [3.05, 3.63) is 212 Å². The number of hydrogen-bond acceptors (Lipinski definition) is 5. The van der Waals surface area contributed by atoms with E-state index in [4.69, 9.17) is 19.4 Å². The molecule has 0 bridgehead atoms. The molecule has 0 saturated heterocycles. The fraction of sp³-hybridized carbons (Fsp3) is 0. The Morgan fingerprint density at radius 1 is 0.375 bits per heavy atom. The van der Waals surface area contributed by atoms with Gasteiger partial charge in [-0.2, -0.15) is 0 Å². The molecule has 0 unspecified atom stereocenters. The van der Waals surface area contributed by atoms with Crippen molar-refractivity contribution >= 4 is 65.4 Å². The van der Waals surface area contributed by atoms with E-state index in [1.807, 2.05) is 24.3 Å². The van der Waals surface area contributed by atoms with Crippen LogP contribution in [0.2, 0.25) is 0 Å². The molecule has 13 rings (SSSR count). The standard InChI is InChI=1S/C58H35N5O/c1-2-12-38(13-3-1)46-19-9-20-50-53(46)48-30-26-39-14-6-7-18-47(39)55(48)63(50)45-28-24-37(25-29-45)41-16-8-17-42(33-41)56-60-57(43-23-22-36-11-4-5-15-40(36)34-43)62-58(61-56)44-27-31-51-49(35-44)54-52(64-51)21-10-32-59-54/h1-35H. The highest BCUT2D eigenvalue weighted by Crippen LogP contribution is 2.42. The van der Waals surface area contributed by atoms with E-state index in [-0.39, 0.29) is 0 Å². The topological polar surface area (TPSA) is 69.6 Å². The largest absolute Gasteiger partial charge is 0.454 e. The molecule has 0 N–H and O–H groups in total. The summed E-state index contributed by atoms with van der Waals surface area (Å²) >= 11 is 0. The van der Waals surface area contributed by atoms with Gasteiger partial charge < -0.3 is 8.98 Å². The fourth-order valence-electron chi connectivity index (χ4n) is 9.42. The van der Waals surface area contributed by atoms with Crippen molar-refractivity contribution < 1.29 is 4.42 Å². The van der Waals surface area contributed by atoms with Gasteiger partial charge in [0.15, 0.2) is 23.1 Å². The molecule has 0 spiro atoms. The maximum absolute atomic E-state index is 6.11. The van der Waals surface area contributed by atoms with Crippen LogP contribution in [-0.2, 0) is 0 Å². The quantitative estimate of drug-likeness (QED) is 0.167. The molecule has 0 aliphatic carbocycles. The van der Waals surface area contributed by atoms with Gasteiger partial charge in [-0.3, -0.25) is 4.98 Å². The van der Waals surface area contributed by atoms with Gasteiger partial charge in [-0.15, -0.1) is 0 Å². The van der Waals surface area contributed by atoms with Crippen molar-refractivity contribution in [3.8, 4) is 62.1 Å². The van der Waals surface area contributed by atoms with Crippen molar-refractivity contribution in [3.63, 3.8) is 0 Å². The van der Waals surface area contributed by atoms with E-state index >= 15 is 0 Å². The lowest BCUT2D eigenvalue weighted by Crippen LogP contribution is -2.00. The number of furan rings is 1. The second kappa shape index (κ2) is 14.4. The number of rotatable bonds is 6. The molecule has 4 aromatic heterocycles. The second-order valence-corrected chi connectivity index (χ2v) is 16.2. The molecule has 0 fully saturated rings. The van der Waals surface area contributed by atoms with Gasteiger partial charge in [-0.25, -0.2) is 15.0 Å². The van der Waals surface area contributed by atoms with E-state index in [1.54, 1.807) is 6.20 Å². The Balaban J connectivity index is 0.935. The molecule has 298 valence electrons. The number of aromatic nitrogens is 5. The summed E-state index contributed by atoms with van der Waals surface area (Å²) in [6.45, 7) is 0. The van der Waals surface area contributed by atoms with E-state index < -0.39 is 0 Å². The van der Waals surface area contributed by atoms with Crippen LogP contribution in [0.15, 0.2) is 217 Å². The van der Waals surface area contributed by atoms with E-state index in [2.05, 4.69) is 192 Å². The molecule has 4 heterocycles. The predicted octanol–water partition coefficient (Wildman–Crippen LogP) is 14.9. The average Bonchev–Trinajstić information content (AvgIpc) is 3.92. The molecule has 0 aliphatic rings. The molecular weight excluding hydrogens is 783 g/mol. The van der Waals surface area contributed by atoms with E-state index in [1.165, 1.54) is 43.7 Å². The number of hydrogen-bond donors (Lipinski definition) is 0. The fourth-order valence-corrected chi connectivity index (χ4v) is 9.42. The summed E-state index contributed by atoms with van der Waals surface area (Å²) in [7, 11) is 0. The Kier molecular flexibility index (Phi) is 8.11. The van der Waals surface area contributed by atoms with Gasteiger partial charge in [0.1, 0.15) is 11.1 Å². The molecule has 0 radical (unpaired) electrons. The normalized spacial score (nSPS) is 11.8. The molecule has 0 amide bonds. The minimum absolute atomic E-state index is 0.573. The molecule has 13 aromatic rings. The van der Waals surface area contributed by atoms with Crippen LogP contribution in [0.25, 0.3) is 128 Å². The van der Waals surface area contributed by atoms with Crippen LogP contribution in [0, 0.1) is 0 Å². The molecule has 9 aromatic carbocycles. The number of nitrogens with zero attached hydrogens (tertiary/aromatic N) is 5. The lowest BCUT2D eigenvalue weighted by atomic mass is 9.98. The molecule has 0 atom stereocenters. The molecule has 6 nitrogen and oxygen atoms in total. The van der Waals surface area contributed by atoms with Gasteiger partial charge >= 0.3 is 0 Å². The molecule has 6 heteroatoms. The van der Waals surface area contributed by atoms with Crippen LogP contribution < -0.4 is 0 Å². The van der Waals surface area contributed by atoms with Gasteiger partial charge in [0.25, 0.3) is 0 Å². The van der Waals surface area contributed by atoms with Crippen molar-refractivity contribution in [1.29, 1.82) is 0 Å². The van der Waals surface area contributed by atoms with Gasteiger partial charge in [0, 0.05) is 50.1 Å². The third-order valence-electron chi connectivity index (χ3n) is 12.5. The minimum atomic E-state index is 0.573. The van der Waals surface area contributed by atoms with Crippen molar-refractivity contribution in [2.24, 2.45) is 0 Å². The Morgan fingerprint density at radius 2 is 1.03 bits per heavy atom. The third kappa shape index (κ3) is 5.88. The zero-order chi connectivity index (χ0) is 42.1. The van der Waals surface area contributed by atoms with Crippen LogP contribution in [0.4, 0.5) is 0 Å². The number of pyridine rings is 1. The highest BCUT2D eigenvalue weighted by atomic mass is 16.3. The van der Waals surface area contributed by atoms with Crippen LogP contribution in [0.1, 0.15) is 0 Å². The van der Waals surface area contributed by atoms with Gasteiger partial charge in [0.05, 0.1) is 11.0 Å². The van der Waals surface area contributed by atoms with E-state index in [0.29, 0.717) is 17.5 Å². The maximum Gasteiger partial charge on any atom is 0.164 e. The predicted molar refractivity (Wildman–Crippen MR) is 261 cm³/mol. The summed E-state index contributed by atoms with van der Waals surface area (Å²) in [4.78, 5) is 20.0. The zero-order valence-electron chi connectivity index (χ0n) is 34.4. The lowest BCUT2D eigenvalue weighted by Gasteiger charge is -2.12. The highest BCUT2D eigenvalue weighted by Gasteiger charge is 2.20. The van der Waals surface area contributed by atoms with Crippen molar-refractivity contribution in [2.75, 3.05) is 0 Å². The summed E-state index contributed by atoms with van der Waals surface area (Å²) in [5.74, 6) is 1.77. The summed E-state index contributed by atoms with van der Waals surface area (Å²) in [6.07, 6.45) is 1.79. The molecule has 0 saturated carbocycles.